The van der Waals surface area contributed by atoms with Crippen LogP contribution in [0.15, 0.2) is 42.5 Å². The van der Waals surface area contributed by atoms with Crippen LogP contribution in [0.2, 0.25) is 0 Å². The summed E-state index contributed by atoms with van der Waals surface area (Å²) in [4.78, 5) is 15.3. The van der Waals surface area contributed by atoms with E-state index in [1.165, 1.54) is 30.3 Å². The minimum Gasteiger partial charge on any atom is -0.457 e. The van der Waals surface area contributed by atoms with Crippen molar-refractivity contribution in [3.05, 3.63) is 63.7 Å². The summed E-state index contributed by atoms with van der Waals surface area (Å²) >= 11 is 0. The molecule has 0 atom stereocenters. The third kappa shape index (κ3) is 5.93. The molecule has 0 aliphatic carbocycles. The van der Waals surface area contributed by atoms with E-state index >= 15 is 0 Å². The number of piperazine rings is 1. The Kier molecular flexibility index (Phi) is 6.94. The van der Waals surface area contributed by atoms with Crippen LogP contribution < -0.4 is 4.74 Å². The minimum atomic E-state index is -4.47. The summed E-state index contributed by atoms with van der Waals surface area (Å²) in [5, 5.41) is 11.2. The lowest BCUT2D eigenvalue weighted by Crippen LogP contribution is -2.44. The Morgan fingerprint density at radius 3 is 2.50 bits per heavy atom. The Labute approximate surface area is 173 Å². The van der Waals surface area contributed by atoms with Gasteiger partial charge in [0.05, 0.1) is 10.5 Å². The molecule has 2 aromatic rings. The highest BCUT2D eigenvalue weighted by molar-refractivity contribution is 5.46. The molecule has 0 N–H and O–H groups in total. The smallest absolute Gasteiger partial charge is 0.416 e. The normalized spacial score (nSPS) is 15.9. The van der Waals surface area contributed by atoms with Gasteiger partial charge in [-0.3, -0.25) is 10.1 Å². The summed E-state index contributed by atoms with van der Waals surface area (Å²) in [6.07, 6.45) is -3.17. The number of alkyl halides is 3. The van der Waals surface area contributed by atoms with Crippen LogP contribution in [0.5, 0.6) is 11.5 Å². The molecule has 2 aromatic carbocycles. The van der Waals surface area contributed by atoms with Crippen LogP contribution in [0.4, 0.5) is 18.9 Å². The molecule has 1 aliphatic rings. The average Bonchev–Trinajstić information content (AvgIpc) is 2.70. The quantitative estimate of drug-likeness (QED) is 0.482. The van der Waals surface area contributed by atoms with Gasteiger partial charge >= 0.3 is 6.18 Å². The molecule has 0 saturated carbocycles. The average molecular weight is 423 g/mol. The summed E-state index contributed by atoms with van der Waals surface area (Å²) in [7, 11) is 2.08. The zero-order chi connectivity index (χ0) is 21.7. The third-order valence-corrected chi connectivity index (χ3v) is 5.16. The predicted octanol–water partition coefficient (Wildman–Crippen LogP) is 4.59. The fourth-order valence-electron chi connectivity index (χ4n) is 3.40. The Bertz CT molecular complexity index is 881. The van der Waals surface area contributed by atoms with Gasteiger partial charge in [0.15, 0.2) is 0 Å². The first-order chi connectivity index (χ1) is 14.2. The van der Waals surface area contributed by atoms with Crippen molar-refractivity contribution in [3.63, 3.8) is 0 Å². The monoisotopic (exact) mass is 423 g/mol. The van der Waals surface area contributed by atoms with E-state index in [4.69, 9.17) is 4.74 Å². The fourth-order valence-corrected chi connectivity index (χ4v) is 3.40. The number of nitro groups is 1. The van der Waals surface area contributed by atoms with Gasteiger partial charge in [0.25, 0.3) is 5.69 Å². The first-order valence-corrected chi connectivity index (χ1v) is 9.76. The lowest BCUT2D eigenvalue weighted by atomic mass is 10.1. The fraction of sp³-hybridized carbons (Fsp3) is 0.429. The van der Waals surface area contributed by atoms with Gasteiger partial charge < -0.3 is 14.5 Å². The Hall–Kier alpha value is -2.65. The summed E-state index contributed by atoms with van der Waals surface area (Å²) < 4.78 is 44.6. The van der Waals surface area contributed by atoms with Gasteiger partial charge in [0, 0.05) is 43.9 Å². The van der Waals surface area contributed by atoms with Crippen molar-refractivity contribution in [3.8, 4) is 11.5 Å². The lowest BCUT2D eigenvalue weighted by Gasteiger charge is -2.32. The van der Waals surface area contributed by atoms with Crippen molar-refractivity contribution in [1.82, 2.24) is 9.80 Å². The number of nitro benzene ring substituents is 1. The van der Waals surface area contributed by atoms with Gasteiger partial charge in [-0.15, -0.1) is 0 Å². The molecule has 6 nitrogen and oxygen atoms in total. The second kappa shape index (κ2) is 9.44. The molecule has 0 bridgehead atoms. The van der Waals surface area contributed by atoms with Crippen molar-refractivity contribution in [2.24, 2.45) is 0 Å². The van der Waals surface area contributed by atoms with E-state index in [0.29, 0.717) is 17.7 Å². The Morgan fingerprint density at radius 2 is 1.83 bits per heavy atom. The van der Waals surface area contributed by atoms with E-state index in [2.05, 4.69) is 16.8 Å². The highest BCUT2D eigenvalue weighted by Crippen LogP contribution is 2.34. The van der Waals surface area contributed by atoms with Crippen LogP contribution in [0, 0.1) is 10.1 Å². The molecule has 1 saturated heterocycles. The number of hydrogen-bond acceptors (Lipinski definition) is 5. The van der Waals surface area contributed by atoms with Crippen LogP contribution in [0.3, 0.4) is 0 Å². The number of hydrogen-bond donors (Lipinski definition) is 0. The molecular formula is C21H24F3N3O3. The van der Waals surface area contributed by atoms with Gasteiger partial charge in [-0.1, -0.05) is 6.07 Å². The Morgan fingerprint density at radius 1 is 1.10 bits per heavy atom. The molecule has 0 spiro atoms. The van der Waals surface area contributed by atoms with Gasteiger partial charge in [0.2, 0.25) is 0 Å². The molecule has 0 amide bonds. The van der Waals surface area contributed by atoms with Crippen LogP contribution in [0.1, 0.15) is 17.5 Å². The number of nitrogens with zero attached hydrogens (tertiary/aromatic N) is 3. The molecule has 162 valence electrons. The van der Waals surface area contributed by atoms with E-state index < -0.39 is 16.7 Å². The zero-order valence-electron chi connectivity index (χ0n) is 16.7. The summed E-state index contributed by atoms with van der Waals surface area (Å²) in [6.45, 7) is 4.79. The molecule has 3 rings (SSSR count). The standard InChI is InChI=1S/C21H24F3N3O3/c1-25-10-12-26(13-11-25)9-3-4-16-14-18(27(28)29)7-8-20(16)30-19-6-2-5-17(15-19)21(22,23)24/h2,5-8,14-15H,3-4,9-13H2,1H3. The first-order valence-electron chi connectivity index (χ1n) is 9.76. The number of halogens is 3. The molecule has 0 radical (unpaired) electrons. The summed E-state index contributed by atoms with van der Waals surface area (Å²) in [5.74, 6) is 0.372. The molecule has 0 aromatic heterocycles. The van der Waals surface area contributed by atoms with Crippen molar-refractivity contribution in [2.75, 3.05) is 39.8 Å². The number of benzene rings is 2. The zero-order valence-corrected chi connectivity index (χ0v) is 16.7. The van der Waals surface area contributed by atoms with Crippen molar-refractivity contribution < 1.29 is 22.8 Å². The first kappa shape index (κ1) is 22.0. The van der Waals surface area contributed by atoms with Crippen LogP contribution in [-0.4, -0.2) is 54.5 Å². The molecule has 9 heteroatoms. The van der Waals surface area contributed by atoms with E-state index in [-0.39, 0.29) is 11.4 Å². The highest BCUT2D eigenvalue weighted by atomic mass is 19.4. The Balaban J connectivity index is 1.73. The van der Waals surface area contributed by atoms with Crippen molar-refractivity contribution in [1.29, 1.82) is 0 Å². The molecule has 1 heterocycles. The summed E-state index contributed by atoms with van der Waals surface area (Å²) in [6, 6.07) is 8.79. The number of likely N-dealkylation sites (N-methyl/N-ethyl adjacent to an activating group) is 1. The second-order valence-electron chi connectivity index (χ2n) is 7.43. The molecule has 0 unspecified atom stereocenters. The molecular weight excluding hydrogens is 399 g/mol. The van der Waals surface area contributed by atoms with E-state index in [1.807, 2.05) is 0 Å². The van der Waals surface area contributed by atoms with Crippen molar-refractivity contribution in [2.45, 2.75) is 19.0 Å². The van der Waals surface area contributed by atoms with Gasteiger partial charge in [-0.05, 0) is 50.7 Å². The van der Waals surface area contributed by atoms with Crippen LogP contribution in [0.25, 0.3) is 0 Å². The maximum absolute atomic E-state index is 13.0. The molecule has 30 heavy (non-hydrogen) atoms. The second-order valence-corrected chi connectivity index (χ2v) is 7.43. The van der Waals surface area contributed by atoms with Gasteiger partial charge in [-0.25, -0.2) is 0 Å². The lowest BCUT2D eigenvalue weighted by molar-refractivity contribution is -0.384. The van der Waals surface area contributed by atoms with Crippen LogP contribution in [-0.2, 0) is 12.6 Å². The molecule has 1 fully saturated rings. The topological polar surface area (TPSA) is 58.9 Å². The largest absolute Gasteiger partial charge is 0.457 e. The maximum atomic E-state index is 13.0. The van der Waals surface area contributed by atoms with Gasteiger partial charge in [-0.2, -0.15) is 13.2 Å². The van der Waals surface area contributed by atoms with E-state index in [9.17, 15) is 23.3 Å². The SMILES string of the molecule is CN1CCN(CCCc2cc([N+](=O)[O-])ccc2Oc2cccc(C(F)(F)F)c2)CC1. The van der Waals surface area contributed by atoms with E-state index in [0.717, 1.165) is 51.3 Å². The number of rotatable bonds is 7. The molecule has 1 aliphatic heterocycles. The summed E-state index contributed by atoms with van der Waals surface area (Å²) in [5.41, 5.74) is -0.268. The maximum Gasteiger partial charge on any atom is 0.416 e. The number of ether oxygens (including phenoxy) is 1. The number of non-ortho nitro benzene ring substituents is 1. The minimum absolute atomic E-state index is 0.0407. The van der Waals surface area contributed by atoms with Crippen LogP contribution >= 0.6 is 0 Å². The van der Waals surface area contributed by atoms with E-state index in [1.54, 1.807) is 0 Å². The number of aryl methyl sites for hydroxylation is 1. The highest BCUT2D eigenvalue weighted by Gasteiger charge is 2.30. The van der Waals surface area contributed by atoms with Crippen molar-refractivity contribution >= 4 is 5.69 Å². The predicted molar refractivity (Wildman–Crippen MR) is 107 cm³/mol. The third-order valence-electron chi connectivity index (χ3n) is 5.16. The van der Waals surface area contributed by atoms with Gasteiger partial charge in [0.1, 0.15) is 11.5 Å².